The lowest BCUT2D eigenvalue weighted by atomic mass is 9.96. The predicted molar refractivity (Wildman–Crippen MR) is 90.6 cm³/mol. The van der Waals surface area contributed by atoms with Crippen molar-refractivity contribution >= 4 is 15.7 Å². The maximum absolute atomic E-state index is 12.2. The highest BCUT2D eigenvalue weighted by molar-refractivity contribution is 7.91. The third kappa shape index (κ3) is 3.76. The van der Waals surface area contributed by atoms with Crippen molar-refractivity contribution in [2.24, 2.45) is 5.92 Å². The van der Waals surface area contributed by atoms with Gasteiger partial charge in [-0.3, -0.25) is 4.79 Å². The number of rotatable bonds is 5. The molecule has 1 heterocycles. The molecule has 1 unspecified atom stereocenters. The number of amides is 1. The molecule has 6 heteroatoms. The van der Waals surface area contributed by atoms with Gasteiger partial charge in [0.05, 0.1) is 16.6 Å². The Hall–Kier alpha value is -2.34. The molecule has 1 amide bonds. The fourth-order valence-electron chi connectivity index (χ4n) is 2.70. The number of nitrogens with one attached hydrogen (secondary N) is 1. The summed E-state index contributed by atoms with van der Waals surface area (Å²) in [4.78, 5) is 12.5. The summed E-state index contributed by atoms with van der Waals surface area (Å²) in [7, 11) is -3.38. The largest absolute Gasteiger partial charge is 0.492 e. The van der Waals surface area contributed by atoms with Crippen molar-refractivity contribution < 1.29 is 17.9 Å². The minimum absolute atomic E-state index is 0.0915. The van der Waals surface area contributed by atoms with Crippen LogP contribution in [0.4, 0.5) is 0 Å². The molecule has 0 aliphatic carbocycles. The van der Waals surface area contributed by atoms with Gasteiger partial charge in [0.2, 0.25) is 5.91 Å². The van der Waals surface area contributed by atoms with Gasteiger partial charge in [-0.1, -0.05) is 36.4 Å². The average molecular weight is 345 g/mol. The molecule has 0 aromatic heterocycles. The Balaban J connectivity index is 1.53. The topological polar surface area (TPSA) is 72.5 Å². The van der Waals surface area contributed by atoms with Crippen molar-refractivity contribution in [2.45, 2.75) is 11.3 Å². The summed E-state index contributed by atoms with van der Waals surface area (Å²) in [5, 5.41) is 2.71. The molecule has 1 N–H and O–H groups in total. The van der Waals surface area contributed by atoms with E-state index < -0.39 is 9.84 Å². The van der Waals surface area contributed by atoms with E-state index in [0.29, 0.717) is 13.0 Å². The molecule has 1 aliphatic heterocycles. The Labute approximate surface area is 141 Å². The van der Waals surface area contributed by atoms with Crippen molar-refractivity contribution in [2.75, 3.05) is 18.9 Å². The maximum atomic E-state index is 12.2. The Bertz CT molecular complexity index is 818. The molecule has 1 atom stereocenters. The van der Waals surface area contributed by atoms with Crippen LogP contribution in [0.5, 0.6) is 5.75 Å². The van der Waals surface area contributed by atoms with Gasteiger partial charge < -0.3 is 10.1 Å². The number of sulfone groups is 1. The zero-order valence-corrected chi connectivity index (χ0v) is 14.0. The molecule has 0 radical (unpaired) electrons. The lowest BCUT2D eigenvalue weighted by molar-refractivity contribution is -0.126. The average Bonchev–Trinajstić information content (AvgIpc) is 2.62. The van der Waals surface area contributed by atoms with Crippen LogP contribution in [0.25, 0.3) is 0 Å². The molecule has 126 valence electrons. The summed E-state index contributed by atoms with van der Waals surface area (Å²) in [5.74, 6) is 0.229. The molecular formula is C18H19NO4S. The number of fused-ring (bicyclic) bond motifs is 1. The second-order valence-electron chi connectivity index (χ2n) is 5.74. The van der Waals surface area contributed by atoms with E-state index in [1.54, 1.807) is 30.3 Å². The van der Waals surface area contributed by atoms with E-state index in [-0.39, 0.29) is 29.0 Å². The Kier molecular flexibility index (Phi) is 4.85. The minimum Gasteiger partial charge on any atom is -0.492 e. The maximum Gasteiger partial charge on any atom is 0.226 e. The van der Waals surface area contributed by atoms with Gasteiger partial charge in [-0.2, -0.15) is 0 Å². The van der Waals surface area contributed by atoms with E-state index in [2.05, 4.69) is 5.32 Å². The van der Waals surface area contributed by atoms with Gasteiger partial charge in [0, 0.05) is 6.54 Å². The second-order valence-corrected chi connectivity index (χ2v) is 7.85. The van der Waals surface area contributed by atoms with Crippen molar-refractivity contribution in [1.29, 1.82) is 0 Å². The molecular weight excluding hydrogens is 326 g/mol. The molecule has 2 aromatic carbocycles. The van der Waals surface area contributed by atoms with Gasteiger partial charge in [0.25, 0.3) is 0 Å². The number of hydrogen-bond donors (Lipinski definition) is 1. The predicted octanol–water partition coefficient (Wildman–Crippen LogP) is 1.83. The minimum atomic E-state index is -3.38. The summed E-state index contributed by atoms with van der Waals surface area (Å²) >= 11 is 0. The molecule has 1 aliphatic rings. The van der Waals surface area contributed by atoms with Gasteiger partial charge in [0.15, 0.2) is 9.84 Å². The van der Waals surface area contributed by atoms with Crippen LogP contribution < -0.4 is 10.1 Å². The van der Waals surface area contributed by atoms with Crippen LogP contribution in [0, 0.1) is 5.92 Å². The SMILES string of the molecule is O=C(NCCS(=O)(=O)c1ccccc1)C1COc2ccccc2C1. The number of benzene rings is 2. The quantitative estimate of drug-likeness (QED) is 0.897. The zero-order chi connectivity index (χ0) is 17.0. The van der Waals surface area contributed by atoms with Crippen LogP contribution in [0.3, 0.4) is 0 Å². The number of hydrogen-bond acceptors (Lipinski definition) is 4. The van der Waals surface area contributed by atoms with Gasteiger partial charge in [-0.15, -0.1) is 0 Å². The van der Waals surface area contributed by atoms with Crippen LogP contribution in [-0.2, 0) is 21.1 Å². The van der Waals surface area contributed by atoms with E-state index in [1.807, 2.05) is 24.3 Å². The lowest BCUT2D eigenvalue weighted by Gasteiger charge is -2.24. The highest BCUT2D eigenvalue weighted by atomic mass is 32.2. The number of para-hydroxylation sites is 1. The van der Waals surface area contributed by atoms with Crippen LogP contribution in [0.1, 0.15) is 5.56 Å². The highest BCUT2D eigenvalue weighted by Gasteiger charge is 2.26. The smallest absolute Gasteiger partial charge is 0.226 e. The second kappa shape index (κ2) is 7.05. The van der Waals surface area contributed by atoms with E-state index in [0.717, 1.165) is 11.3 Å². The standard InChI is InChI=1S/C18H19NO4S/c20-18(15-12-14-6-4-5-9-17(14)23-13-15)19-10-11-24(21,22)16-7-2-1-3-8-16/h1-9,15H,10-13H2,(H,19,20). The van der Waals surface area contributed by atoms with Crippen molar-refractivity contribution in [3.8, 4) is 5.75 Å². The lowest BCUT2D eigenvalue weighted by Crippen LogP contribution is -2.39. The fraction of sp³-hybridized carbons (Fsp3) is 0.278. The van der Waals surface area contributed by atoms with Gasteiger partial charge in [0.1, 0.15) is 12.4 Å². The number of carbonyl (C=O) groups is 1. The van der Waals surface area contributed by atoms with E-state index in [9.17, 15) is 13.2 Å². The summed E-state index contributed by atoms with van der Waals surface area (Å²) in [6.45, 7) is 0.405. The first-order valence-electron chi connectivity index (χ1n) is 7.82. The molecule has 0 saturated heterocycles. The van der Waals surface area contributed by atoms with Gasteiger partial charge >= 0.3 is 0 Å². The monoisotopic (exact) mass is 345 g/mol. The molecule has 2 aromatic rings. The van der Waals surface area contributed by atoms with Crippen molar-refractivity contribution in [3.05, 3.63) is 60.2 Å². The van der Waals surface area contributed by atoms with Gasteiger partial charge in [-0.05, 0) is 30.2 Å². The van der Waals surface area contributed by atoms with Crippen LogP contribution in [0.15, 0.2) is 59.5 Å². The summed E-state index contributed by atoms with van der Waals surface area (Å²) in [5.41, 5.74) is 1.00. The van der Waals surface area contributed by atoms with E-state index >= 15 is 0 Å². The normalized spacial score (nSPS) is 16.8. The Morgan fingerprint density at radius 2 is 1.79 bits per heavy atom. The Morgan fingerprint density at radius 3 is 2.58 bits per heavy atom. The zero-order valence-electron chi connectivity index (χ0n) is 13.1. The first kappa shape index (κ1) is 16.5. The molecule has 0 spiro atoms. The van der Waals surface area contributed by atoms with Crippen molar-refractivity contribution in [3.63, 3.8) is 0 Å². The highest BCUT2D eigenvalue weighted by Crippen LogP contribution is 2.26. The summed E-state index contributed by atoms with van der Waals surface area (Å²) in [6, 6.07) is 15.9. The van der Waals surface area contributed by atoms with Gasteiger partial charge in [-0.25, -0.2) is 8.42 Å². The molecule has 5 nitrogen and oxygen atoms in total. The number of carbonyl (C=O) groups excluding carboxylic acids is 1. The van der Waals surface area contributed by atoms with Crippen LogP contribution in [-0.4, -0.2) is 33.2 Å². The summed E-state index contributed by atoms with van der Waals surface area (Å²) in [6.07, 6.45) is 0.605. The van der Waals surface area contributed by atoms with Crippen molar-refractivity contribution in [1.82, 2.24) is 5.32 Å². The number of ether oxygens (including phenoxy) is 1. The molecule has 0 saturated carbocycles. The Morgan fingerprint density at radius 1 is 1.08 bits per heavy atom. The van der Waals surface area contributed by atoms with E-state index in [4.69, 9.17) is 4.74 Å². The first-order chi connectivity index (χ1) is 11.6. The fourth-order valence-corrected chi connectivity index (χ4v) is 3.87. The third-order valence-electron chi connectivity index (χ3n) is 4.02. The molecule has 0 bridgehead atoms. The first-order valence-corrected chi connectivity index (χ1v) is 9.48. The van der Waals surface area contributed by atoms with E-state index in [1.165, 1.54) is 0 Å². The molecule has 0 fully saturated rings. The molecule has 3 rings (SSSR count). The molecule has 24 heavy (non-hydrogen) atoms. The summed E-state index contributed by atoms with van der Waals surface area (Å²) < 4.78 is 29.9. The van der Waals surface area contributed by atoms with Crippen LogP contribution in [0.2, 0.25) is 0 Å². The van der Waals surface area contributed by atoms with Crippen LogP contribution >= 0.6 is 0 Å². The third-order valence-corrected chi connectivity index (χ3v) is 5.75.